The first-order chi connectivity index (χ1) is 9.27. The van der Waals surface area contributed by atoms with Crippen LogP contribution in [0.3, 0.4) is 0 Å². The molecule has 0 fully saturated rings. The number of nitrogens with two attached hydrogens (primary N) is 1. The molecule has 21 heavy (non-hydrogen) atoms. The van der Waals surface area contributed by atoms with Gasteiger partial charge in [-0.05, 0) is 6.42 Å². The van der Waals surface area contributed by atoms with Gasteiger partial charge >= 0.3 is 11.9 Å². The predicted molar refractivity (Wildman–Crippen MR) is 81.7 cm³/mol. The summed E-state index contributed by atoms with van der Waals surface area (Å²) in [4.78, 5) is 43.7. The van der Waals surface area contributed by atoms with Crippen LogP contribution in [-0.4, -0.2) is 58.3 Å². The molecule has 0 aliphatic carbocycles. The Balaban J connectivity index is 0. The fraction of sp³-hybridized carbons (Fsp3) is 0.600. The zero-order chi connectivity index (χ0) is 15.7. The van der Waals surface area contributed by atoms with Crippen molar-refractivity contribution >= 4 is 49.9 Å². The van der Waals surface area contributed by atoms with Crippen molar-refractivity contribution in [2.75, 3.05) is 12.3 Å². The van der Waals surface area contributed by atoms with Crippen LogP contribution in [0.5, 0.6) is 0 Å². The van der Waals surface area contributed by atoms with Gasteiger partial charge in [-0.1, -0.05) is 0 Å². The first-order valence-corrected chi connectivity index (χ1v) is 6.29. The van der Waals surface area contributed by atoms with Gasteiger partial charge in [-0.2, -0.15) is 26.1 Å². The van der Waals surface area contributed by atoms with Crippen molar-refractivity contribution in [1.82, 2.24) is 10.6 Å². The first-order valence-electron chi connectivity index (χ1n) is 5.66. The molecule has 2 amide bonds. The van der Waals surface area contributed by atoms with Gasteiger partial charge in [-0.25, -0.2) is 0 Å². The first kappa shape index (κ1) is 21.8. The highest BCUT2D eigenvalue weighted by Gasteiger charge is 2.20. The molecule has 0 radical (unpaired) electrons. The maximum atomic E-state index is 11.5. The number of amides is 2. The molecule has 2 atom stereocenters. The molecule has 0 bridgehead atoms. The number of hydrogen-bond acceptors (Lipinski definition) is 6. The predicted octanol–water partition coefficient (Wildman–Crippen LogP) is -2.09. The van der Waals surface area contributed by atoms with Gasteiger partial charge in [0.1, 0.15) is 18.6 Å². The summed E-state index contributed by atoms with van der Waals surface area (Å²) < 4.78 is 0. The fourth-order valence-corrected chi connectivity index (χ4v) is 1.41. The van der Waals surface area contributed by atoms with Crippen molar-refractivity contribution in [2.24, 2.45) is 5.73 Å². The van der Waals surface area contributed by atoms with Crippen molar-refractivity contribution in [3.8, 4) is 0 Å². The molecule has 0 aromatic heterocycles. The van der Waals surface area contributed by atoms with Crippen LogP contribution in [0.15, 0.2) is 0 Å². The van der Waals surface area contributed by atoms with Gasteiger partial charge < -0.3 is 26.6 Å². The van der Waals surface area contributed by atoms with E-state index in [1.807, 2.05) is 0 Å². The second kappa shape index (κ2) is 11.2. The van der Waals surface area contributed by atoms with Crippen LogP contribution in [0.2, 0.25) is 0 Å². The Bertz CT molecular complexity index is 393. The minimum atomic E-state index is -1.22. The van der Waals surface area contributed by atoms with Crippen molar-refractivity contribution < 1.29 is 29.4 Å². The average Bonchev–Trinajstić information content (AvgIpc) is 2.38. The zero-order valence-corrected chi connectivity index (χ0v) is 12.9. The lowest BCUT2D eigenvalue weighted by Crippen LogP contribution is -2.49. The number of carboxylic acid groups (broad SMARTS) is 2. The van der Waals surface area contributed by atoms with Crippen LogP contribution in [-0.2, 0) is 19.2 Å². The van der Waals surface area contributed by atoms with Gasteiger partial charge in [0.15, 0.2) is 0 Å². The van der Waals surface area contributed by atoms with E-state index in [2.05, 4.69) is 23.3 Å². The van der Waals surface area contributed by atoms with Gasteiger partial charge in [0, 0.05) is 12.2 Å². The van der Waals surface area contributed by atoms with Crippen LogP contribution < -0.4 is 16.4 Å². The van der Waals surface area contributed by atoms with E-state index in [0.717, 1.165) is 0 Å². The Kier molecular flexibility index (Phi) is 11.7. The Morgan fingerprint density at radius 2 is 1.76 bits per heavy atom. The van der Waals surface area contributed by atoms with E-state index in [1.165, 1.54) is 0 Å². The molecule has 0 rings (SSSR count). The minimum absolute atomic E-state index is 0. The molecule has 0 saturated heterocycles. The molecule has 0 aromatic rings. The average molecular weight is 341 g/mol. The van der Waals surface area contributed by atoms with E-state index in [9.17, 15) is 19.2 Å². The monoisotopic (exact) mass is 341 g/mol. The summed E-state index contributed by atoms with van der Waals surface area (Å²) in [6.07, 6.45) is -0.235. The summed E-state index contributed by atoms with van der Waals surface area (Å²) in [5.41, 5.74) is 5.23. The van der Waals surface area contributed by atoms with Crippen molar-refractivity contribution in [3.05, 3.63) is 0 Å². The van der Waals surface area contributed by atoms with Crippen molar-refractivity contribution in [1.29, 1.82) is 0 Å². The fourth-order valence-electron chi connectivity index (χ4n) is 1.16. The van der Waals surface area contributed by atoms with E-state index in [1.54, 1.807) is 0 Å². The molecule has 6 N–H and O–H groups in total. The highest BCUT2D eigenvalue weighted by Crippen LogP contribution is 1.97. The lowest BCUT2D eigenvalue weighted by Gasteiger charge is -2.16. The standard InChI is InChI=1S/C10H17N3O6S.H2S/c11-5(10(18)19)1-2-7(14)13-6(4-20)9(17)12-3-8(15)16;/h5-6,20H,1-4,11H2,(H,12,17)(H,13,14)(H,15,16)(H,18,19);1H2. The zero-order valence-electron chi connectivity index (χ0n) is 11.0. The lowest BCUT2D eigenvalue weighted by molar-refractivity contribution is -0.139. The second-order valence-corrected chi connectivity index (χ2v) is 4.26. The third kappa shape index (κ3) is 9.98. The Morgan fingerprint density at radius 1 is 1.19 bits per heavy atom. The molecular formula is C10H19N3O6S2. The smallest absolute Gasteiger partial charge is 0.322 e. The molecule has 0 aliphatic heterocycles. The minimum Gasteiger partial charge on any atom is -0.480 e. The quantitative estimate of drug-likeness (QED) is 0.262. The van der Waals surface area contributed by atoms with Gasteiger partial charge in [-0.15, -0.1) is 0 Å². The Labute approximate surface area is 133 Å². The third-order valence-corrected chi connectivity index (χ3v) is 2.61. The van der Waals surface area contributed by atoms with Crippen LogP contribution in [0.25, 0.3) is 0 Å². The van der Waals surface area contributed by atoms with Gasteiger partial charge in [0.2, 0.25) is 11.8 Å². The van der Waals surface area contributed by atoms with Crippen molar-refractivity contribution in [3.63, 3.8) is 0 Å². The SMILES string of the molecule is NC(CCC(=O)NC(CS)C(=O)NCC(=O)O)C(=O)O.S. The second-order valence-electron chi connectivity index (χ2n) is 3.90. The summed E-state index contributed by atoms with van der Waals surface area (Å²) in [6.45, 7) is -0.567. The molecule has 2 unspecified atom stereocenters. The maximum Gasteiger partial charge on any atom is 0.322 e. The molecule has 0 heterocycles. The number of hydrogen-bond donors (Lipinski definition) is 6. The summed E-state index contributed by atoms with van der Waals surface area (Å²) in [6, 6.07) is -2.15. The normalized spacial score (nSPS) is 12.5. The van der Waals surface area contributed by atoms with Crippen LogP contribution in [0.1, 0.15) is 12.8 Å². The molecule has 0 aromatic carbocycles. The van der Waals surface area contributed by atoms with Gasteiger partial charge in [0.25, 0.3) is 0 Å². The Hall–Kier alpha value is -1.46. The Morgan fingerprint density at radius 3 is 2.19 bits per heavy atom. The van der Waals surface area contributed by atoms with E-state index in [4.69, 9.17) is 15.9 Å². The summed E-state index contributed by atoms with van der Waals surface area (Å²) >= 11 is 3.87. The topological polar surface area (TPSA) is 159 Å². The summed E-state index contributed by atoms with van der Waals surface area (Å²) in [7, 11) is 0. The third-order valence-electron chi connectivity index (χ3n) is 2.25. The number of thiol groups is 1. The maximum absolute atomic E-state index is 11.5. The molecular weight excluding hydrogens is 322 g/mol. The van der Waals surface area contributed by atoms with Crippen LogP contribution in [0.4, 0.5) is 0 Å². The van der Waals surface area contributed by atoms with Gasteiger partial charge in [0.05, 0.1) is 0 Å². The van der Waals surface area contributed by atoms with Crippen LogP contribution >= 0.6 is 26.1 Å². The van der Waals surface area contributed by atoms with E-state index < -0.39 is 42.4 Å². The molecule has 0 aliphatic rings. The largest absolute Gasteiger partial charge is 0.480 e. The van der Waals surface area contributed by atoms with E-state index in [-0.39, 0.29) is 32.1 Å². The molecule has 0 spiro atoms. The number of carbonyl (C=O) groups is 4. The molecule has 11 heteroatoms. The summed E-state index contributed by atoms with van der Waals surface area (Å²) in [5, 5.41) is 21.4. The highest BCUT2D eigenvalue weighted by molar-refractivity contribution is 7.80. The highest BCUT2D eigenvalue weighted by atomic mass is 32.1. The van der Waals surface area contributed by atoms with Crippen molar-refractivity contribution in [2.45, 2.75) is 24.9 Å². The number of rotatable bonds is 9. The molecule has 0 saturated carbocycles. The lowest BCUT2D eigenvalue weighted by atomic mass is 10.1. The number of nitrogens with one attached hydrogen (secondary N) is 2. The number of carbonyl (C=O) groups excluding carboxylic acids is 2. The van der Waals surface area contributed by atoms with Gasteiger partial charge in [-0.3, -0.25) is 19.2 Å². The van der Waals surface area contributed by atoms with Crippen LogP contribution in [0, 0.1) is 0 Å². The molecule has 122 valence electrons. The number of aliphatic carboxylic acids is 2. The molecule has 9 nitrogen and oxygen atoms in total. The summed E-state index contributed by atoms with van der Waals surface area (Å²) in [5.74, 6) is -3.70. The van der Waals surface area contributed by atoms with E-state index in [0.29, 0.717) is 0 Å². The number of carboxylic acids is 2. The van der Waals surface area contributed by atoms with E-state index >= 15 is 0 Å².